The third kappa shape index (κ3) is 3.17. The van der Waals surface area contributed by atoms with Gasteiger partial charge in [0, 0.05) is 29.6 Å². The predicted octanol–water partition coefficient (Wildman–Crippen LogP) is 3.33. The van der Waals surface area contributed by atoms with Crippen molar-refractivity contribution in [3.8, 4) is 0 Å². The molecule has 0 saturated heterocycles. The van der Waals surface area contributed by atoms with E-state index >= 15 is 0 Å². The molecule has 1 unspecified atom stereocenters. The lowest BCUT2D eigenvalue weighted by Crippen LogP contribution is -2.24. The third-order valence-electron chi connectivity index (χ3n) is 2.78. The van der Waals surface area contributed by atoms with E-state index in [2.05, 4.69) is 23.3 Å². The quantitative estimate of drug-likeness (QED) is 0.854. The summed E-state index contributed by atoms with van der Waals surface area (Å²) in [5.74, 6) is 0.996. The van der Waals surface area contributed by atoms with Crippen LogP contribution in [0.25, 0.3) is 0 Å². The molecule has 17 heavy (non-hydrogen) atoms. The fourth-order valence-electron chi connectivity index (χ4n) is 1.90. The summed E-state index contributed by atoms with van der Waals surface area (Å²) in [6.45, 7) is 5.20. The number of hydrogen-bond donors (Lipinski definition) is 1. The van der Waals surface area contributed by atoms with E-state index in [4.69, 9.17) is 4.42 Å². The first kappa shape index (κ1) is 12.3. The number of aromatic nitrogens is 1. The second-order valence-corrected chi connectivity index (χ2v) is 5.05. The molecule has 3 nitrogen and oxygen atoms in total. The van der Waals surface area contributed by atoms with Gasteiger partial charge in [-0.1, -0.05) is 6.92 Å². The Bertz CT molecular complexity index is 436. The number of nitrogens with one attached hydrogen (secondary N) is 1. The molecule has 0 aliphatic heterocycles. The first-order valence-electron chi connectivity index (χ1n) is 5.97. The monoisotopic (exact) mass is 250 g/mol. The summed E-state index contributed by atoms with van der Waals surface area (Å²) in [7, 11) is 0. The van der Waals surface area contributed by atoms with Crippen molar-refractivity contribution in [1.82, 2.24) is 10.3 Å². The van der Waals surface area contributed by atoms with E-state index in [9.17, 15) is 0 Å². The van der Waals surface area contributed by atoms with Gasteiger partial charge in [-0.15, -0.1) is 11.3 Å². The van der Waals surface area contributed by atoms with Gasteiger partial charge >= 0.3 is 0 Å². The Kier molecular flexibility index (Phi) is 4.34. The van der Waals surface area contributed by atoms with Crippen LogP contribution in [0, 0.1) is 6.92 Å². The van der Waals surface area contributed by atoms with Crippen molar-refractivity contribution in [2.75, 3.05) is 6.54 Å². The maximum Gasteiger partial charge on any atom is 0.105 e. The SMILES string of the molecule is CCCNC(Cc1nccs1)c1ccoc1C. The van der Waals surface area contributed by atoms with Crippen LogP contribution in [0.3, 0.4) is 0 Å². The molecule has 2 rings (SSSR count). The summed E-state index contributed by atoms with van der Waals surface area (Å²) < 4.78 is 5.39. The second kappa shape index (κ2) is 5.98. The maximum atomic E-state index is 5.39. The normalized spacial score (nSPS) is 12.8. The highest BCUT2D eigenvalue weighted by molar-refractivity contribution is 7.09. The van der Waals surface area contributed by atoms with E-state index in [0.717, 1.165) is 25.1 Å². The van der Waals surface area contributed by atoms with Crippen molar-refractivity contribution < 1.29 is 4.42 Å². The molecule has 0 aromatic carbocycles. The highest BCUT2D eigenvalue weighted by Gasteiger charge is 2.16. The van der Waals surface area contributed by atoms with Crippen LogP contribution in [0.4, 0.5) is 0 Å². The van der Waals surface area contributed by atoms with Crippen molar-refractivity contribution in [2.24, 2.45) is 0 Å². The molecule has 0 spiro atoms. The van der Waals surface area contributed by atoms with Gasteiger partial charge in [0.1, 0.15) is 5.76 Å². The zero-order valence-corrected chi connectivity index (χ0v) is 11.1. The van der Waals surface area contributed by atoms with E-state index in [1.807, 2.05) is 18.5 Å². The molecule has 0 aliphatic carbocycles. The zero-order chi connectivity index (χ0) is 12.1. The predicted molar refractivity (Wildman–Crippen MR) is 70.3 cm³/mol. The average molecular weight is 250 g/mol. The van der Waals surface area contributed by atoms with Crippen LogP contribution in [0.15, 0.2) is 28.3 Å². The topological polar surface area (TPSA) is 38.1 Å². The molecule has 0 radical (unpaired) electrons. The average Bonchev–Trinajstić information content (AvgIpc) is 2.95. The van der Waals surface area contributed by atoms with E-state index in [1.165, 1.54) is 10.6 Å². The van der Waals surface area contributed by atoms with E-state index in [0.29, 0.717) is 6.04 Å². The van der Waals surface area contributed by atoms with Gasteiger partial charge in [-0.2, -0.15) is 0 Å². The Labute approximate surface area is 106 Å². The number of thiazole rings is 1. The minimum Gasteiger partial charge on any atom is -0.469 e. The molecule has 0 saturated carbocycles. The highest BCUT2D eigenvalue weighted by Crippen LogP contribution is 2.23. The van der Waals surface area contributed by atoms with E-state index in [1.54, 1.807) is 17.6 Å². The summed E-state index contributed by atoms with van der Waals surface area (Å²) >= 11 is 1.71. The van der Waals surface area contributed by atoms with Gasteiger partial charge in [0.15, 0.2) is 0 Å². The molecule has 2 aromatic rings. The van der Waals surface area contributed by atoms with Gasteiger partial charge in [0.2, 0.25) is 0 Å². The summed E-state index contributed by atoms with van der Waals surface area (Å²) in [6.07, 6.45) is 5.68. The van der Waals surface area contributed by atoms with Crippen LogP contribution in [0.5, 0.6) is 0 Å². The molecule has 0 bridgehead atoms. The van der Waals surface area contributed by atoms with Crippen LogP contribution >= 0.6 is 11.3 Å². The lowest BCUT2D eigenvalue weighted by molar-refractivity contribution is 0.493. The fourth-order valence-corrected chi connectivity index (χ4v) is 2.56. The summed E-state index contributed by atoms with van der Waals surface area (Å²) in [5, 5.41) is 6.75. The Morgan fingerprint density at radius 3 is 3.00 bits per heavy atom. The van der Waals surface area contributed by atoms with Crippen molar-refractivity contribution in [3.63, 3.8) is 0 Å². The second-order valence-electron chi connectivity index (χ2n) is 4.07. The molecular weight excluding hydrogens is 232 g/mol. The van der Waals surface area contributed by atoms with Crippen LogP contribution in [-0.4, -0.2) is 11.5 Å². The highest BCUT2D eigenvalue weighted by atomic mass is 32.1. The van der Waals surface area contributed by atoms with Crippen LogP contribution in [0.1, 0.15) is 35.7 Å². The molecule has 2 aromatic heterocycles. The summed E-state index contributed by atoms with van der Waals surface area (Å²) in [5.41, 5.74) is 1.24. The van der Waals surface area contributed by atoms with Crippen LogP contribution in [-0.2, 0) is 6.42 Å². The lowest BCUT2D eigenvalue weighted by atomic mass is 10.0. The van der Waals surface area contributed by atoms with Gasteiger partial charge in [0.25, 0.3) is 0 Å². The molecule has 92 valence electrons. The van der Waals surface area contributed by atoms with Crippen molar-refractivity contribution in [2.45, 2.75) is 32.7 Å². The maximum absolute atomic E-state index is 5.39. The first-order chi connectivity index (χ1) is 8.31. The van der Waals surface area contributed by atoms with Crippen molar-refractivity contribution >= 4 is 11.3 Å². The molecule has 0 fully saturated rings. The Morgan fingerprint density at radius 2 is 2.41 bits per heavy atom. The smallest absolute Gasteiger partial charge is 0.105 e. The molecule has 1 N–H and O–H groups in total. The zero-order valence-electron chi connectivity index (χ0n) is 10.3. The van der Waals surface area contributed by atoms with Crippen molar-refractivity contribution in [1.29, 1.82) is 0 Å². The number of aryl methyl sites for hydroxylation is 1. The van der Waals surface area contributed by atoms with Crippen molar-refractivity contribution in [3.05, 3.63) is 40.2 Å². The fraction of sp³-hybridized carbons (Fsp3) is 0.462. The molecule has 1 atom stereocenters. The van der Waals surface area contributed by atoms with Crippen LogP contribution in [0.2, 0.25) is 0 Å². The summed E-state index contributed by atoms with van der Waals surface area (Å²) in [6, 6.07) is 2.36. The number of rotatable bonds is 6. The molecular formula is C13H18N2OS. The molecule has 2 heterocycles. The Balaban J connectivity index is 2.11. The van der Waals surface area contributed by atoms with Gasteiger partial charge in [-0.3, -0.25) is 0 Å². The molecule has 4 heteroatoms. The standard InChI is InChI=1S/C13H18N2OS/c1-3-5-14-12(9-13-15-6-8-17-13)11-4-7-16-10(11)2/h4,6-8,12,14H,3,5,9H2,1-2H3. The summed E-state index contributed by atoms with van der Waals surface area (Å²) in [4.78, 5) is 4.35. The van der Waals surface area contributed by atoms with Gasteiger partial charge in [0.05, 0.1) is 11.3 Å². The molecule has 0 aliphatic rings. The Hall–Kier alpha value is -1.13. The molecule has 0 amide bonds. The number of hydrogen-bond acceptors (Lipinski definition) is 4. The number of furan rings is 1. The van der Waals surface area contributed by atoms with E-state index < -0.39 is 0 Å². The van der Waals surface area contributed by atoms with E-state index in [-0.39, 0.29) is 0 Å². The van der Waals surface area contributed by atoms with Gasteiger partial charge in [-0.05, 0) is 26.0 Å². The van der Waals surface area contributed by atoms with Crippen LogP contribution < -0.4 is 5.32 Å². The lowest BCUT2D eigenvalue weighted by Gasteiger charge is -2.16. The van der Waals surface area contributed by atoms with Gasteiger partial charge < -0.3 is 9.73 Å². The third-order valence-corrected chi connectivity index (χ3v) is 3.58. The minimum absolute atomic E-state index is 0.305. The van der Waals surface area contributed by atoms with Gasteiger partial charge in [-0.25, -0.2) is 4.98 Å². The largest absolute Gasteiger partial charge is 0.469 e. The Morgan fingerprint density at radius 1 is 1.53 bits per heavy atom. The number of nitrogens with zero attached hydrogens (tertiary/aromatic N) is 1. The first-order valence-corrected chi connectivity index (χ1v) is 6.85. The minimum atomic E-state index is 0.305.